The number of halogens is 1. The van der Waals surface area contributed by atoms with E-state index < -0.39 is 0 Å². The Labute approximate surface area is 122 Å². The zero-order chi connectivity index (χ0) is 14.4. The van der Waals surface area contributed by atoms with Crippen LogP contribution in [0.25, 0.3) is 0 Å². The monoisotopic (exact) mass is 278 g/mol. The summed E-state index contributed by atoms with van der Waals surface area (Å²) in [6.45, 7) is 2.24. The lowest BCUT2D eigenvalue weighted by molar-refractivity contribution is 0.0719. The number of hydrogen-bond donors (Lipinski definition) is 1. The summed E-state index contributed by atoms with van der Waals surface area (Å²) < 4.78 is 13.6. The lowest BCUT2D eigenvalue weighted by Gasteiger charge is -2.31. The highest BCUT2D eigenvalue weighted by atomic mass is 19.1. The van der Waals surface area contributed by atoms with Crippen molar-refractivity contribution in [3.05, 3.63) is 35.6 Å². The first-order valence-electron chi connectivity index (χ1n) is 8.12. The molecule has 2 heteroatoms. The van der Waals surface area contributed by atoms with Crippen LogP contribution >= 0.6 is 0 Å². The fourth-order valence-corrected chi connectivity index (χ4v) is 3.41. The van der Waals surface area contributed by atoms with E-state index in [2.05, 4.69) is 6.92 Å². The Kier molecular flexibility index (Phi) is 6.03. The van der Waals surface area contributed by atoms with Crippen molar-refractivity contribution in [3.8, 4) is 0 Å². The summed E-state index contributed by atoms with van der Waals surface area (Å²) in [5, 5.41) is 10.3. The topological polar surface area (TPSA) is 20.2 Å². The molecule has 112 valence electrons. The van der Waals surface area contributed by atoms with Gasteiger partial charge in [0.1, 0.15) is 5.82 Å². The first-order chi connectivity index (χ1) is 9.70. The second-order valence-electron chi connectivity index (χ2n) is 6.29. The molecule has 0 aliphatic heterocycles. The summed E-state index contributed by atoms with van der Waals surface area (Å²) in [5.41, 5.74) is 0.646. The maximum atomic E-state index is 13.6. The van der Waals surface area contributed by atoms with Gasteiger partial charge in [-0.1, -0.05) is 57.2 Å². The molecule has 0 spiro atoms. The molecular weight excluding hydrogens is 251 g/mol. The largest absolute Gasteiger partial charge is 0.392 e. The summed E-state index contributed by atoms with van der Waals surface area (Å²) in [6.07, 6.45) is 8.68. The van der Waals surface area contributed by atoms with E-state index in [4.69, 9.17) is 0 Å². The van der Waals surface area contributed by atoms with Gasteiger partial charge in [-0.05, 0) is 36.3 Å². The normalized spacial score (nSPS) is 24.6. The third kappa shape index (κ3) is 4.31. The van der Waals surface area contributed by atoms with Crippen molar-refractivity contribution in [3.63, 3.8) is 0 Å². The van der Waals surface area contributed by atoms with E-state index in [1.807, 2.05) is 6.07 Å². The standard InChI is InChI=1S/C18H27FO/c1-2-3-6-14-9-11-15(12-10-14)18(20)13-16-7-4-5-8-17(16)19/h4-5,7-8,14-15,18,20H,2-3,6,9-13H2,1H3. The van der Waals surface area contributed by atoms with Crippen molar-refractivity contribution in [2.45, 2.75) is 64.4 Å². The Morgan fingerprint density at radius 1 is 1.20 bits per heavy atom. The molecule has 0 aromatic heterocycles. The third-order valence-corrected chi connectivity index (χ3v) is 4.79. The predicted molar refractivity (Wildman–Crippen MR) is 81.1 cm³/mol. The minimum Gasteiger partial charge on any atom is -0.392 e. The lowest BCUT2D eigenvalue weighted by atomic mass is 9.76. The summed E-state index contributed by atoms with van der Waals surface area (Å²) in [7, 11) is 0. The van der Waals surface area contributed by atoms with E-state index >= 15 is 0 Å². The number of hydrogen-bond acceptors (Lipinski definition) is 1. The summed E-state index contributed by atoms with van der Waals surface area (Å²) in [6, 6.07) is 6.80. The maximum absolute atomic E-state index is 13.6. The Balaban J connectivity index is 1.80. The molecule has 0 heterocycles. The molecule has 0 bridgehead atoms. The van der Waals surface area contributed by atoms with Crippen LogP contribution in [0.4, 0.5) is 4.39 Å². The van der Waals surface area contributed by atoms with Gasteiger partial charge in [-0.3, -0.25) is 0 Å². The van der Waals surface area contributed by atoms with E-state index in [9.17, 15) is 9.50 Å². The van der Waals surface area contributed by atoms with Crippen LogP contribution in [-0.2, 0) is 6.42 Å². The molecule has 1 N–H and O–H groups in total. The van der Waals surface area contributed by atoms with Crippen molar-refractivity contribution < 1.29 is 9.50 Å². The number of aliphatic hydroxyl groups is 1. The molecule has 2 rings (SSSR count). The minimum atomic E-state index is -0.390. The predicted octanol–water partition coefficient (Wildman–Crippen LogP) is 4.73. The van der Waals surface area contributed by atoms with Crippen LogP contribution < -0.4 is 0 Å². The smallest absolute Gasteiger partial charge is 0.126 e. The van der Waals surface area contributed by atoms with E-state index in [1.165, 1.54) is 38.2 Å². The first-order valence-corrected chi connectivity index (χ1v) is 8.12. The zero-order valence-electron chi connectivity index (χ0n) is 12.5. The van der Waals surface area contributed by atoms with Gasteiger partial charge in [0.15, 0.2) is 0 Å². The molecule has 1 fully saturated rings. The highest BCUT2D eigenvalue weighted by Gasteiger charge is 2.26. The Bertz CT molecular complexity index is 396. The maximum Gasteiger partial charge on any atom is 0.126 e. The van der Waals surface area contributed by atoms with E-state index in [0.717, 1.165) is 18.8 Å². The second kappa shape index (κ2) is 7.78. The Hall–Kier alpha value is -0.890. The van der Waals surface area contributed by atoms with Crippen LogP contribution in [-0.4, -0.2) is 11.2 Å². The molecule has 0 radical (unpaired) electrons. The van der Waals surface area contributed by atoms with Crippen LogP contribution in [0.3, 0.4) is 0 Å². The molecule has 0 saturated heterocycles. The van der Waals surface area contributed by atoms with Crippen LogP contribution in [0.15, 0.2) is 24.3 Å². The van der Waals surface area contributed by atoms with Crippen LogP contribution in [0.2, 0.25) is 0 Å². The quantitative estimate of drug-likeness (QED) is 0.798. The fourth-order valence-electron chi connectivity index (χ4n) is 3.41. The molecule has 1 aromatic rings. The summed E-state index contributed by atoms with van der Waals surface area (Å²) in [5.74, 6) is 1.02. The number of benzene rings is 1. The molecule has 1 unspecified atom stereocenters. The van der Waals surface area contributed by atoms with Gasteiger partial charge in [-0.2, -0.15) is 0 Å². The highest BCUT2D eigenvalue weighted by Crippen LogP contribution is 2.34. The van der Waals surface area contributed by atoms with Gasteiger partial charge < -0.3 is 5.11 Å². The molecule has 1 aromatic carbocycles. The molecule has 20 heavy (non-hydrogen) atoms. The molecule has 1 aliphatic rings. The van der Waals surface area contributed by atoms with Crippen molar-refractivity contribution in [1.82, 2.24) is 0 Å². The van der Waals surface area contributed by atoms with Crippen molar-refractivity contribution in [2.75, 3.05) is 0 Å². The van der Waals surface area contributed by atoms with Gasteiger partial charge in [-0.15, -0.1) is 0 Å². The van der Waals surface area contributed by atoms with Crippen LogP contribution in [0.5, 0.6) is 0 Å². The molecule has 1 atom stereocenters. The van der Waals surface area contributed by atoms with E-state index in [0.29, 0.717) is 17.9 Å². The molecule has 1 aliphatic carbocycles. The number of aliphatic hydroxyl groups excluding tert-OH is 1. The van der Waals surface area contributed by atoms with Crippen molar-refractivity contribution in [1.29, 1.82) is 0 Å². The van der Waals surface area contributed by atoms with Crippen LogP contribution in [0, 0.1) is 17.7 Å². The minimum absolute atomic E-state index is 0.191. The molecular formula is C18H27FO. The van der Waals surface area contributed by atoms with Gasteiger partial charge >= 0.3 is 0 Å². The average Bonchev–Trinajstić information content (AvgIpc) is 2.48. The lowest BCUT2D eigenvalue weighted by Crippen LogP contribution is -2.27. The average molecular weight is 278 g/mol. The summed E-state index contributed by atoms with van der Waals surface area (Å²) >= 11 is 0. The molecule has 1 saturated carbocycles. The SMILES string of the molecule is CCCCC1CCC(C(O)Cc2ccccc2F)CC1. The first kappa shape index (κ1) is 15.5. The van der Waals surface area contributed by atoms with Gasteiger partial charge in [0.2, 0.25) is 0 Å². The van der Waals surface area contributed by atoms with Gasteiger partial charge in [0.05, 0.1) is 6.10 Å². The van der Waals surface area contributed by atoms with Crippen molar-refractivity contribution >= 4 is 0 Å². The Morgan fingerprint density at radius 2 is 1.90 bits per heavy atom. The van der Waals surface area contributed by atoms with E-state index in [1.54, 1.807) is 12.1 Å². The zero-order valence-corrected chi connectivity index (χ0v) is 12.5. The van der Waals surface area contributed by atoms with Crippen molar-refractivity contribution in [2.24, 2.45) is 11.8 Å². The third-order valence-electron chi connectivity index (χ3n) is 4.79. The second-order valence-corrected chi connectivity index (χ2v) is 6.29. The number of unbranched alkanes of at least 4 members (excludes halogenated alkanes) is 1. The fraction of sp³-hybridized carbons (Fsp3) is 0.667. The van der Waals surface area contributed by atoms with Gasteiger partial charge in [0, 0.05) is 6.42 Å². The summed E-state index contributed by atoms with van der Waals surface area (Å²) in [4.78, 5) is 0. The van der Waals surface area contributed by atoms with E-state index in [-0.39, 0.29) is 11.9 Å². The van der Waals surface area contributed by atoms with Gasteiger partial charge in [0.25, 0.3) is 0 Å². The highest BCUT2D eigenvalue weighted by molar-refractivity contribution is 5.18. The number of rotatable bonds is 6. The molecule has 0 amide bonds. The van der Waals surface area contributed by atoms with Gasteiger partial charge in [-0.25, -0.2) is 4.39 Å². The molecule has 1 nitrogen and oxygen atoms in total. The van der Waals surface area contributed by atoms with Crippen LogP contribution in [0.1, 0.15) is 57.4 Å². The Morgan fingerprint density at radius 3 is 2.55 bits per heavy atom.